The fourth-order valence-corrected chi connectivity index (χ4v) is 1.51. The average Bonchev–Trinajstić information content (AvgIpc) is 2.44. The van der Waals surface area contributed by atoms with Crippen LogP contribution in [0.15, 0.2) is 6.20 Å². The molecule has 0 radical (unpaired) electrons. The molecule has 5 heteroatoms. The molecule has 1 aromatic rings. The first-order chi connectivity index (χ1) is 6.25. The molecular formula is C8H11N3O2. The maximum Gasteiger partial charge on any atom is 0.325 e. The van der Waals surface area contributed by atoms with E-state index >= 15 is 0 Å². The van der Waals surface area contributed by atoms with Gasteiger partial charge in [0.15, 0.2) is 0 Å². The van der Waals surface area contributed by atoms with E-state index in [4.69, 9.17) is 5.11 Å². The second-order valence-corrected chi connectivity index (χ2v) is 3.12. The van der Waals surface area contributed by atoms with Gasteiger partial charge in [0, 0.05) is 31.3 Å². The van der Waals surface area contributed by atoms with Gasteiger partial charge in [0.25, 0.3) is 0 Å². The lowest BCUT2D eigenvalue weighted by atomic mass is 10.1. The number of fused-ring (bicyclic) bond motifs is 1. The highest BCUT2D eigenvalue weighted by molar-refractivity contribution is 5.66. The fourth-order valence-electron chi connectivity index (χ4n) is 1.51. The number of carbonyl (C=O) groups is 1. The molecule has 0 saturated carbocycles. The summed E-state index contributed by atoms with van der Waals surface area (Å²) < 4.78 is 1.49. The Hall–Kier alpha value is -1.36. The Morgan fingerprint density at radius 2 is 2.62 bits per heavy atom. The largest absolute Gasteiger partial charge is 0.480 e. The molecule has 0 atom stereocenters. The van der Waals surface area contributed by atoms with E-state index in [0.717, 1.165) is 30.8 Å². The molecule has 0 aliphatic carbocycles. The van der Waals surface area contributed by atoms with Crippen molar-refractivity contribution in [3.8, 4) is 0 Å². The molecule has 1 aromatic heterocycles. The van der Waals surface area contributed by atoms with Crippen LogP contribution in [0.5, 0.6) is 0 Å². The van der Waals surface area contributed by atoms with Crippen LogP contribution in [0.25, 0.3) is 0 Å². The lowest BCUT2D eigenvalue weighted by Gasteiger charge is -2.09. The molecule has 0 bridgehead atoms. The van der Waals surface area contributed by atoms with Gasteiger partial charge >= 0.3 is 5.97 Å². The summed E-state index contributed by atoms with van der Waals surface area (Å²) in [5.74, 6) is -0.854. The summed E-state index contributed by atoms with van der Waals surface area (Å²) in [4.78, 5) is 10.4. The molecule has 0 aromatic carbocycles. The second-order valence-electron chi connectivity index (χ2n) is 3.12. The number of hydrogen-bond donors (Lipinski definition) is 2. The number of carboxylic acid groups (broad SMARTS) is 1. The first-order valence-electron chi connectivity index (χ1n) is 4.23. The standard InChI is InChI=1S/C8H11N3O2/c12-8(13)5-11-4-6-3-9-2-1-7(6)10-11/h4,9H,1-3,5H2,(H,12,13). The Bertz CT molecular complexity index is 309. The maximum atomic E-state index is 10.4. The molecule has 0 fully saturated rings. The van der Waals surface area contributed by atoms with Crippen molar-refractivity contribution in [2.45, 2.75) is 19.5 Å². The predicted octanol–water partition coefficient (Wildman–Crippen LogP) is -0.387. The van der Waals surface area contributed by atoms with Crippen LogP contribution < -0.4 is 5.32 Å². The minimum Gasteiger partial charge on any atom is -0.480 e. The third kappa shape index (κ3) is 1.70. The zero-order valence-corrected chi connectivity index (χ0v) is 7.16. The van der Waals surface area contributed by atoms with Crippen molar-refractivity contribution in [3.63, 3.8) is 0 Å². The molecule has 2 heterocycles. The first-order valence-corrected chi connectivity index (χ1v) is 4.23. The Morgan fingerprint density at radius 1 is 1.77 bits per heavy atom. The normalized spacial score (nSPS) is 15.4. The summed E-state index contributed by atoms with van der Waals surface area (Å²) >= 11 is 0. The summed E-state index contributed by atoms with van der Waals surface area (Å²) in [5.41, 5.74) is 2.15. The van der Waals surface area contributed by atoms with Gasteiger partial charge in [-0.25, -0.2) is 0 Å². The average molecular weight is 181 g/mol. The highest BCUT2D eigenvalue weighted by Gasteiger charge is 2.13. The number of rotatable bonds is 2. The van der Waals surface area contributed by atoms with Crippen LogP contribution in [0.4, 0.5) is 0 Å². The molecule has 70 valence electrons. The number of aromatic nitrogens is 2. The number of hydrogen-bond acceptors (Lipinski definition) is 3. The van der Waals surface area contributed by atoms with Crippen molar-refractivity contribution in [2.24, 2.45) is 0 Å². The van der Waals surface area contributed by atoms with Gasteiger partial charge in [0.2, 0.25) is 0 Å². The Balaban J connectivity index is 2.20. The minimum atomic E-state index is -0.854. The highest BCUT2D eigenvalue weighted by Crippen LogP contribution is 2.10. The quantitative estimate of drug-likeness (QED) is 0.652. The van der Waals surface area contributed by atoms with Crippen LogP contribution in [0.1, 0.15) is 11.3 Å². The van der Waals surface area contributed by atoms with E-state index in [9.17, 15) is 4.79 Å². The molecule has 0 unspecified atom stereocenters. The van der Waals surface area contributed by atoms with E-state index < -0.39 is 5.97 Å². The molecular weight excluding hydrogens is 170 g/mol. The van der Waals surface area contributed by atoms with Gasteiger partial charge < -0.3 is 10.4 Å². The maximum absolute atomic E-state index is 10.4. The zero-order valence-electron chi connectivity index (χ0n) is 7.16. The first kappa shape index (κ1) is 8.25. The summed E-state index contributed by atoms with van der Waals surface area (Å²) in [5, 5.41) is 15.9. The molecule has 0 amide bonds. The van der Waals surface area contributed by atoms with Crippen LogP contribution in [0.2, 0.25) is 0 Å². The summed E-state index contributed by atoms with van der Waals surface area (Å²) in [7, 11) is 0. The molecule has 5 nitrogen and oxygen atoms in total. The van der Waals surface area contributed by atoms with Gasteiger partial charge in [-0.15, -0.1) is 0 Å². The van der Waals surface area contributed by atoms with Crippen LogP contribution in [0.3, 0.4) is 0 Å². The van der Waals surface area contributed by atoms with Gasteiger partial charge in [0.1, 0.15) is 6.54 Å². The van der Waals surface area contributed by atoms with Crippen molar-refractivity contribution >= 4 is 5.97 Å². The van der Waals surface area contributed by atoms with Crippen LogP contribution in [-0.4, -0.2) is 27.4 Å². The van der Waals surface area contributed by atoms with Crippen LogP contribution >= 0.6 is 0 Å². The van der Waals surface area contributed by atoms with E-state index in [0.29, 0.717) is 0 Å². The van der Waals surface area contributed by atoms with E-state index in [2.05, 4.69) is 10.4 Å². The van der Waals surface area contributed by atoms with Crippen molar-refractivity contribution in [3.05, 3.63) is 17.5 Å². The van der Waals surface area contributed by atoms with Crippen molar-refractivity contribution in [1.82, 2.24) is 15.1 Å². The van der Waals surface area contributed by atoms with Gasteiger partial charge in [-0.05, 0) is 0 Å². The Morgan fingerprint density at radius 3 is 3.31 bits per heavy atom. The van der Waals surface area contributed by atoms with Crippen LogP contribution in [0, 0.1) is 0 Å². The molecule has 2 N–H and O–H groups in total. The Kier molecular flexibility index (Phi) is 2.02. The highest BCUT2D eigenvalue weighted by atomic mass is 16.4. The number of aliphatic carboxylic acids is 1. The molecule has 1 aliphatic rings. The second kappa shape index (κ2) is 3.18. The minimum absolute atomic E-state index is 0.0486. The van der Waals surface area contributed by atoms with Crippen molar-refractivity contribution in [2.75, 3.05) is 6.54 Å². The lowest BCUT2D eigenvalue weighted by Crippen LogP contribution is -2.22. The SMILES string of the molecule is O=C(O)Cn1cc2c(n1)CCNC2. The summed E-state index contributed by atoms with van der Waals surface area (Å²) in [6, 6.07) is 0. The predicted molar refractivity (Wildman–Crippen MR) is 45.3 cm³/mol. The smallest absolute Gasteiger partial charge is 0.325 e. The molecule has 0 spiro atoms. The molecule has 13 heavy (non-hydrogen) atoms. The van der Waals surface area contributed by atoms with Crippen LogP contribution in [-0.2, 0) is 24.3 Å². The van der Waals surface area contributed by atoms with Gasteiger partial charge in [-0.1, -0.05) is 0 Å². The van der Waals surface area contributed by atoms with Gasteiger partial charge in [0.05, 0.1) is 5.69 Å². The molecule has 2 rings (SSSR count). The number of carboxylic acids is 1. The zero-order chi connectivity index (χ0) is 9.26. The fraction of sp³-hybridized carbons (Fsp3) is 0.500. The monoisotopic (exact) mass is 181 g/mol. The Labute approximate surface area is 75.4 Å². The van der Waals surface area contributed by atoms with Gasteiger partial charge in [-0.3, -0.25) is 9.48 Å². The molecule has 1 aliphatic heterocycles. The molecule has 0 saturated heterocycles. The third-order valence-corrected chi connectivity index (χ3v) is 2.08. The third-order valence-electron chi connectivity index (χ3n) is 2.08. The topological polar surface area (TPSA) is 67.1 Å². The van der Waals surface area contributed by atoms with Crippen molar-refractivity contribution in [1.29, 1.82) is 0 Å². The van der Waals surface area contributed by atoms with E-state index in [1.54, 1.807) is 6.20 Å². The number of nitrogens with zero attached hydrogens (tertiary/aromatic N) is 2. The summed E-state index contributed by atoms with van der Waals surface area (Å²) in [6.45, 7) is 1.68. The van der Waals surface area contributed by atoms with Crippen molar-refractivity contribution < 1.29 is 9.90 Å². The number of nitrogens with one attached hydrogen (secondary N) is 1. The van der Waals surface area contributed by atoms with E-state index in [1.807, 2.05) is 0 Å². The lowest BCUT2D eigenvalue weighted by molar-refractivity contribution is -0.137. The van der Waals surface area contributed by atoms with E-state index in [-0.39, 0.29) is 6.54 Å². The van der Waals surface area contributed by atoms with Gasteiger partial charge in [-0.2, -0.15) is 5.10 Å². The summed E-state index contributed by atoms with van der Waals surface area (Å²) in [6.07, 6.45) is 2.69. The van der Waals surface area contributed by atoms with E-state index in [1.165, 1.54) is 4.68 Å².